The molecule has 2 aromatic rings. The van der Waals surface area contributed by atoms with Gasteiger partial charge in [-0.05, 0) is 45.0 Å². The lowest BCUT2D eigenvalue weighted by atomic mass is 10.1. The number of amides is 1. The number of carbonyl (C=O) groups is 1. The molecule has 1 heterocycles. The van der Waals surface area contributed by atoms with Gasteiger partial charge in [0.1, 0.15) is 11.5 Å². The Morgan fingerprint density at radius 2 is 1.72 bits per heavy atom. The minimum atomic E-state index is -3.94. The zero-order valence-corrected chi connectivity index (χ0v) is 18.9. The number of nitro benzene ring substituents is 1. The first-order valence-electron chi connectivity index (χ1n) is 10.0. The summed E-state index contributed by atoms with van der Waals surface area (Å²) in [5.74, 6) is -1.04. The number of nitrogens with one attached hydrogen (secondary N) is 1. The molecule has 9 nitrogen and oxygen atoms in total. The van der Waals surface area contributed by atoms with Crippen molar-refractivity contribution in [1.29, 1.82) is 0 Å². The van der Waals surface area contributed by atoms with E-state index in [0.29, 0.717) is 0 Å². The second-order valence-corrected chi connectivity index (χ2v) is 10.2. The van der Waals surface area contributed by atoms with Crippen LogP contribution in [0.2, 0.25) is 0 Å². The van der Waals surface area contributed by atoms with E-state index in [1.807, 2.05) is 0 Å². The maximum Gasteiger partial charge on any atom is 0.293 e. The molecule has 1 aliphatic rings. The average molecular weight is 465 g/mol. The Labute approximate surface area is 186 Å². The molecule has 0 spiro atoms. The molecule has 0 radical (unpaired) electrons. The first kappa shape index (κ1) is 23.6. The molecule has 3 rings (SSSR count). The van der Waals surface area contributed by atoms with Gasteiger partial charge in [0.25, 0.3) is 11.6 Å². The summed E-state index contributed by atoms with van der Waals surface area (Å²) in [6.07, 6.45) is 0. The predicted octanol–water partition coefficient (Wildman–Crippen LogP) is 2.77. The average Bonchev–Trinajstić information content (AvgIpc) is 2.71. The summed E-state index contributed by atoms with van der Waals surface area (Å²) in [7, 11) is -3.94. The third-order valence-electron chi connectivity index (χ3n) is 4.91. The molecule has 0 aliphatic carbocycles. The van der Waals surface area contributed by atoms with Gasteiger partial charge in [0.05, 0.1) is 15.4 Å². The van der Waals surface area contributed by atoms with E-state index in [1.54, 1.807) is 31.7 Å². The van der Waals surface area contributed by atoms with Crippen LogP contribution < -0.4 is 9.62 Å². The summed E-state index contributed by atoms with van der Waals surface area (Å²) in [5, 5.41) is 11.7. The van der Waals surface area contributed by atoms with Crippen LogP contribution in [-0.4, -0.2) is 55.9 Å². The Morgan fingerprint density at radius 1 is 1.09 bits per heavy atom. The van der Waals surface area contributed by atoms with Gasteiger partial charge in [-0.1, -0.05) is 12.1 Å². The number of nitrogens with zero attached hydrogens (tertiary/aromatic N) is 3. The van der Waals surface area contributed by atoms with Crippen molar-refractivity contribution in [2.45, 2.75) is 31.2 Å². The monoisotopic (exact) mass is 464 g/mol. The summed E-state index contributed by atoms with van der Waals surface area (Å²) >= 11 is 0. The van der Waals surface area contributed by atoms with Gasteiger partial charge in [-0.25, -0.2) is 17.5 Å². The van der Waals surface area contributed by atoms with Crippen molar-refractivity contribution in [1.82, 2.24) is 9.62 Å². The van der Waals surface area contributed by atoms with Crippen molar-refractivity contribution in [2.24, 2.45) is 0 Å². The number of benzene rings is 2. The van der Waals surface area contributed by atoms with Gasteiger partial charge in [0.2, 0.25) is 10.0 Å². The maximum atomic E-state index is 13.9. The number of hydrogen-bond donors (Lipinski definition) is 1. The number of sulfonamides is 1. The molecule has 1 saturated heterocycles. The highest BCUT2D eigenvalue weighted by molar-refractivity contribution is 7.89. The number of nitro groups is 1. The molecule has 1 aliphatic heterocycles. The van der Waals surface area contributed by atoms with Crippen LogP contribution in [0.15, 0.2) is 47.4 Å². The van der Waals surface area contributed by atoms with Crippen LogP contribution in [0.1, 0.15) is 31.1 Å². The Hall–Kier alpha value is -3.05. The van der Waals surface area contributed by atoms with Crippen molar-refractivity contribution < 1.29 is 22.5 Å². The Kier molecular flexibility index (Phi) is 6.51. The minimum absolute atomic E-state index is 0.0205. The van der Waals surface area contributed by atoms with Crippen LogP contribution in [0.4, 0.5) is 15.8 Å². The second-order valence-electron chi connectivity index (χ2n) is 8.52. The molecule has 0 atom stereocenters. The number of hydrogen-bond acceptors (Lipinski definition) is 6. The van der Waals surface area contributed by atoms with Gasteiger partial charge in [-0.15, -0.1) is 0 Å². The Morgan fingerprint density at radius 3 is 2.28 bits per heavy atom. The molecule has 1 fully saturated rings. The lowest BCUT2D eigenvalue weighted by Gasteiger charge is -2.36. The molecule has 11 heteroatoms. The van der Waals surface area contributed by atoms with Gasteiger partial charge >= 0.3 is 0 Å². The van der Waals surface area contributed by atoms with Crippen molar-refractivity contribution in [3.63, 3.8) is 0 Å². The number of halogens is 1. The molecule has 1 amide bonds. The standard InChI is InChI=1S/C21H25FN4O5S/c1-21(2,3)23-32(30,31)15-8-9-18(19(14-15)26(28)29)24-10-12-25(13-11-24)20(27)16-6-4-5-7-17(16)22/h4-9,14,23H,10-13H2,1-3H3. The van der Waals surface area contributed by atoms with E-state index < -0.39 is 32.2 Å². The van der Waals surface area contributed by atoms with E-state index in [2.05, 4.69) is 4.72 Å². The second kappa shape index (κ2) is 8.83. The lowest BCUT2D eigenvalue weighted by molar-refractivity contribution is -0.384. The third-order valence-corrected chi connectivity index (χ3v) is 6.66. The van der Waals surface area contributed by atoms with E-state index in [-0.39, 0.29) is 48.0 Å². The van der Waals surface area contributed by atoms with Crippen LogP contribution in [-0.2, 0) is 10.0 Å². The SMILES string of the molecule is CC(C)(C)NS(=O)(=O)c1ccc(N2CCN(C(=O)c3ccccc3F)CC2)c([N+](=O)[O-])c1. The first-order chi connectivity index (χ1) is 14.9. The maximum absolute atomic E-state index is 13.9. The van der Waals surface area contributed by atoms with E-state index in [4.69, 9.17) is 0 Å². The van der Waals surface area contributed by atoms with E-state index >= 15 is 0 Å². The zero-order valence-electron chi connectivity index (χ0n) is 18.0. The van der Waals surface area contributed by atoms with Gasteiger partial charge < -0.3 is 9.80 Å². The van der Waals surface area contributed by atoms with Crippen LogP contribution in [0.5, 0.6) is 0 Å². The number of anilines is 1. The topological polar surface area (TPSA) is 113 Å². The molecule has 0 bridgehead atoms. The fraction of sp³-hybridized carbons (Fsp3) is 0.381. The molecular formula is C21H25FN4O5S. The molecule has 0 aromatic heterocycles. The van der Waals surface area contributed by atoms with Crippen molar-refractivity contribution in [3.8, 4) is 0 Å². The molecule has 2 aromatic carbocycles. The Bertz CT molecular complexity index is 1140. The van der Waals surface area contributed by atoms with Gasteiger partial charge in [-0.3, -0.25) is 14.9 Å². The lowest BCUT2D eigenvalue weighted by Crippen LogP contribution is -2.49. The molecule has 172 valence electrons. The van der Waals surface area contributed by atoms with E-state index in [9.17, 15) is 27.7 Å². The van der Waals surface area contributed by atoms with Gasteiger partial charge in [-0.2, -0.15) is 0 Å². The molecule has 0 unspecified atom stereocenters. The summed E-state index contributed by atoms with van der Waals surface area (Å²) < 4.78 is 41.5. The Balaban J connectivity index is 1.80. The number of carbonyl (C=O) groups excluding carboxylic acids is 1. The molecular weight excluding hydrogens is 439 g/mol. The summed E-state index contributed by atoms with van der Waals surface area (Å²) in [6.45, 7) is 6.09. The van der Waals surface area contributed by atoms with E-state index in [1.165, 1.54) is 35.2 Å². The van der Waals surface area contributed by atoms with Crippen molar-refractivity contribution in [3.05, 3.63) is 64.0 Å². The third kappa shape index (κ3) is 5.22. The normalized spacial score (nSPS) is 15.0. The fourth-order valence-corrected chi connectivity index (χ4v) is 4.94. The largest absolute Gasteiger partial charge is 0.362 e. The first-order valence-corrected chi connectivity index (χ1v) is 11.5. The highest BCUT2D eigenvalue weighted by Gasteiger charge is 2.30. The quantitative estimate of drug-likeness (QED) is 0.538. The fourth-order valence-electron chi connectivity index (χ4n) is 3.50. The predicted molar refractivity (Wildman–Crippen MR) is 118 cm³/mol. The summed E-state index contributed by atoms with van der Waals surface area (Å²) in [5.41, 5.74) is -0.834. The molecule has 32 heavy (non-hydrogen) atoms. The van der Waals surface area contributed by atoms with Gasteiger partial charge in [0.15, 0.2) is 0 Å². The number of piperazine rings is 1. The van der Waals surface area contributed by atoms with Crippen molar-refractivity contribution in [2.75, 3.05) is 31.1 Å². The van der Waals surface area contributed by atoms with E-state index in [0.717, 1.165) is 6.07 Å². The van der Waals surface area contributed by atoms with Crippen LogP contribution in [0.3, 0.4) is 0 Å². The summed E-state index contributed by atoms with van der Waals surface area (Å²) in [4.78, 5) is 26.7. The zero-order chi connectivity index (χ0) is 23.7. The molecule has 0 saturated carbocycles. The van der Waals surface area contributed by atoms with Crippen LogP contribution in [0.25, 0.3) is 0 Å². The smallest absolute Gasteiger partial charge is 0.293 e. The van der Waals surface area contributed by atoms with Crippen LogP contribution in [0, 0.1) is 15.9 Å². The van der Waals surface area contributed by atoms with Crippen LogP contribution >= 0.6 is 0 Å². The number of rotatable bonds is 5. The minimum Gasteiger partial charge on any atom is -0.362 e. The summed E-state index contributed by atoms with van der Waals surface area (Å²) in [6, 6.07) is 9.50. The molecule has 1 N–H and O–H groups in total. The van der Waals surface area contributed by atoms with Crippen molar-refractivity contribution >= 4 is 27.3 Å². The van der Waals surface area contributed by atoms with Gasteiger partial charge in [0, 0.05) is 37.8 Å². The highest BCUT2D eigenvalue weighted by Crippen LogP contribution is 2.32. The highest BCUT2D eigenvalue weighted by atomic mass is 32.2.